The third-order valence-corrected chi connectivity index (χ3v) is 5.28. The maximum absolute atomic E-state index is 13.0. The first-order chi connectivity index (χ1) is 15.1. The van der Waals surface area contributed by atoms with E-state index in [2.05, 4.69) is 5.32 Å². The molecule has 0 radical (unpaired) electrons. The second kappa shape index (κ2) is 9.42. The molecule has 1 aliphatic rings. The highest BCUT2D eigenvalue weighted by Gasteiger charge is 2.33. The molecule has 0 aromatic heterocycles. The van der Waals surface area contributed by atoms with Crippen LogP contribution in [0.1, 0.15) is 11.1 Å². The molecule has 3 rings (SSSR count). The number of hydrogen-bond acceptors (Lipinski definition) is 6. The van der Waals surface area contributed by atoms with E-state index in [-0.39, 0.29) is 23.5 Å². The van der Waals surface area contributed by atoms with Gasteiger partial charge in [0.2, 0.25) is 5.91 Å². The molecule has 0 bridgehead atoms. The smallest absolute Gasteiger partial charge is 0.368 e. The number of halogens is 4. The van der Waals surface area contributed by atoms with Crippen LogP contribution in [0.25, 0.3) is 0 Å². The summed E-state index contributed by atoms with van der Waals surface area (Å²) in [4.78, 5) is 26.3. The summed E-state index contributed by atoms with van der Waals surface area (Å²) in [7, 11) is 0. The fourth-order valence-corrected chi connectivity index (χ4v) is 3.60. The van der Waals surface area contributed by atoms with Crippen LogP contribution in [0.2, 0.25) is 5.02 Å². The number of carbonyl (C=O) groups is 1. The highest BCUT2D eigenvalue weighted by molar-refractivity contribution is 6.31. The van der Waals surface area contributed by atoms with Crippen molar-refractivity contribution in [2.24, 2.45) is 0 Å². The van der Waals surface area contributed by atoms with E-state index in [9.17, 15) is 33.3 Å². The number of nitriles is 1. The lowest BCUT2D eigenvalue weighted by Crippen LogP contribution is -2.48. The molecule has 168 valence electrons. The number of anilines is 2. The summed E-state index contributed by atoms with van der Waals surface area (Å²) < 4.78 is 38.9. The zero-order chi connectivity index (χ0) is 23.5. The molecule has 0 spiro atoms. The average Bonchev–Trinajstić information content (AvgIpc) is 2.74. The monoisotopic (exact) mass is 467 g/mol. The van der Waals surface area contributed by atoms with Gasteiger partial charge >= 0.3 is 6.18 Å². The fraction of sp³-hybridized carbons (Fsp3) is 0.300. The van der Waals surface area contributed by atoms with Crippen molar-refractivity contribution in [3.63, 3.8) is 0 Å². The van der Waals surface area contributed by atoms with E-state index in [1.165, 1.54) is 24.3 Å². The summed E-state index contributed by atoms with van der Waals surface area (Å²) in [6.07, 6.45) is -4.63. The lowest BCUT2D eigenvalue weighted by Gasteiger charge is -2.36. The van der Waals surface area contributed by atoms with Crippen molar-refractivity contribution in [1.82, 2.24) is 4.90 Å². The molecule has 1 heterocycles. The molecule has 32 heavy (non-hydrogen) atoms. The molecule has 12 heteroatoms. The van der Waals surface area contributed by atoms with Gasteiger partial charge in [-0.25, -0.2) is 0 Å². The van der Waals surface area contributed by atoms with E-state index in [0.717, 1.165) is 12.1 Å². The van der Waals surface area contributed by atoms with Crippen molar-refractivity contribution in [3.05, 3.63) is 62.7 Å². The molecule has 2 aromatic rings. The predicted molar refractivity (Wildman–Crippen MR) is 112 cm³/mol. The van der Waals surface area contributed by atoms with Gasteiger partial charge in [-0.2, -0.15) is 18.4 Å². The van der Waals surface area contributed by atoms with Crippen LogP contribution < -0.4 is 10.2 Å². The van der Waals surface area contributed by atoms with Crippen LogP contribution in [0.3, 0.4) is 0 Å². The van der Waals surface area contributed by atoms with Gasteiger partial charge in [0.15, 0.2) is 0 Å². The average molecular weight is 468 g/mol. The van der Waals surface area contributed by atoms with Gasteiger partial charge in [-0.05, 0) is 24.3 Å². The van der Waals surface area contributed by atoms with Gasteiger partial charge in [0.25, 0.3) is 5.69 Å². The lowest BCUT2D eigenvalue weighted by atomic mass is 10.1. The molecule has 2 aromatic carbocycles. The van der Waals surface area contributed by atoms with E-state index in [0.29, 0.717) is 31.9 Å². The normalized spacial score (nSPS) is 14.7. The van der Waals surface area contributed by atoms with Crippen LogP contribution in [-0.2, 0) is 11.0 Å². The molecule has 0 atom stereocenters. The van der Waals surface area contributed by atoms with E-state index >= 15 is 0 Å². The Morgan fingerprint density at radius 3 is 2.47 bits per heavy atom. The van der Waals surface area contributed by atoms with Crippen molar-refractivity contribution >= 4 is 34.6 Å². The second-order valence-corrected chi connectivity index (χ2v) is 7.48. The number of carbonyl (C=O) groups excluding carboxylic acids is 1. The number of non-ortho nitro benzene ring substituents is 1. The van der Waals surface area contributed by atoms with Gasteiger partial charge in [-0.15, -0.1) is 0 Å². The minimum Gasteiger partial charge on any atom is -0.368 e. The highest BCUT2D eigenvalue weighted by atomic mass is 35.5. The van der Waals surface area contributed by atoms with E-state index in [1.54, 1.807) is 0 Å². The van der Waals surface area contributed by atoms with E-state index in [1.807, 2.05) is 15.9 Å². The number of nitro groups is 1. The van der Waals surface area contributed by atoms with Crippen molar-refractivity contribution in [2.75, 3.05) is 42.9 Å². The molecule has 1 fully saturated rings. The molecular weight excluding hydrogens is 451 g/mol. The Labute approximate surface area is 185 Å². The zero-order valence-electron chi connectivity index (χ0n) is 16.5. The molecule has 0 aliphatic carbocycles. The van der Waals surface area contributed by atoms with Crippen LogP contribution in [0.4, 0.5) is 30.2 Å². The number of nitrogens with one attached hydrogen (secondary N) is 1. The Morgan fingerprint density at radius 1 is 1.19 bits per heavy atom. The first-order valence-corrected chi connectivity index (χ1v) is 9.78. The van der Waals surface area contributed by atoms with Crippen molar-refractivity contribution in [2.45, 2.75) is 6.18 Å². The van der Waals surface area contributed by atoms with E-state index in [4.69, 9.17) is 11.6 Å². The quantitative estimate of drug-likeness (QED) is 0.528. The molecule has 8 nitrogen and oxygen atoms in total. The summed E-state index contributed by atoms with van der Waals surface area (Å²) in [6, 6.07) is 9.20. The Morgan fingerprint density at radius 2 is 1.88 bits per heavy atom. The molecule has 1 aliphatic heterocycles. The van der Waals surface area contributed by atoms with Crippen LogP contribution >= 0.6 is 11.6 Å². The minimum atomic E-state index is -4.63. The summed E-state index contributed by atoms with van der Waals surface area (Å²) >= 11 is 5.58. The number of piperazine rings is 1. The Kier molecular flexibility index (Phi) is 6.86. The number of nitro benzene ring substituents is 1. The largest absolute Gasteiger partial charge is 0.417 e. The second-order valence-electron chi connectivity index (χ2n) is 7.07. The van der Waals surface area contributed by atoms with E-state index < -0.39 is 27.6 Å². The summed E-state index contributed by atoms with van der Waals surface area (Å²) in [5.41, 5.74) is -0.440. The number of hydrogen-bond donors (Lipinski definition) is 1. The number of nitrogens with zero attached hydrogens (tertiary/aromatic N) is 4. The van der Waals surface area contributed by atoms with Gasteiger partial charge in [-0.1, -0.05) is 11.6 Å². The molecule has 1 N–H and O–H groups in total. The first-order valence-electron chi connectivity index (χ1n) is 9.41. The fourth-order valence-electron chi connectivity index (χ4n) is 3.37. The standard InChI is InChI=1S/C20H17ClF3N5O3/c21-17-3-1-14(10-16(17)20(22,23)24)26-19(30)12-27-5-7-28(8-6-27)18-4-2-15(29(31)32)9-13(18)11-25/h1-4,9-10H,5-8,12H2,(H,26,30). The number of benzene rings is 2. The van der Waals surface area contributed by atoms with Crippen molar-refractivity contribution in [3.8, 4) is 6.07 Å². The topological polar surface area (TPSA) is 103 Å². The van der Waals surface area contributed by atoms with Gasteiger partial charge in [-0.3, -0.25) is 19.8 Å². The maximum Gasteiger partial charge on any atom is 0.417 e. The zero-order valence-corrected chi connectivity index (χ0v) is 17.3. The molecule has 1 amide bonds. The van der Waals surface area contributed by atoms with Crippen LogP contribution in [0.15, 0.2) is 36.4 Å². The minimum absolute atomic E-state index is 0.00472. The SMILES string of the molecule is N#Cc1cc([N+](=O)[O-])ccc1N1CCN(CC(=O)Nc2ccc(Cl)c(C(F)(F)F)c2)CC1. The molecular formula is C20H17ClF3N5O3. The van der Waals surface area contributed by atoms with Gasteiger partial charge in [0.05, 0.1) is 33.3 Å². The van der Waals surface area contributed by atoms with Gasteiger partial charge in [0.1, 0.15) is 6.07 Å². The molecule has 0 saturated carbocycles. The Hall–Kier alpha value is -3.36. The van der Waals surface area contributed by atoms with Gasteiger partial charge < -0.3 is 10.2 Å². The number of rotatable bonds is 5. The third kappa shape index (κ3) is 5.46. The summed E-state index contributed by atoms with van der Waals surface area (Å²) in [5, 5.41) is 22.2. The van der Waals surface area contributed by atoms with Gasteiger partial charge in [0, 0.05) is 44.0 Å². The maximum atomic E-state index is 13.0. The summed E-state index contributed by atoms with van der Waals surface area (Å²) in [5.74, 6) is -0.470. The van der Waals surface area contributed by atoms with Crippen molar-refractivity contribution in [1.29, 1.82) is 5.26 Å². The number of amides is 1. The lowest BCUT2D eigenvalue weighted by molar-refractivity contribution is -0.384. The van der Waals surface area contributed by atoms with Crippen LogP contribution in [0.5, 0.6) is 0 Å². The summed E-state index contributed by atoms with van der Waals surface area (Å²) in [6.45, 7) is 1.84. The van der Waals surface area contributed by atoms with Crippen LogP contribution in [0, 0.1) is 21.4 Å². The molecule has 1 saturated heterocycles. The first kappa shape index (κ1) is 23.3. The number of alkyl halides is 3. The predicted octanol–water partition coefficient (Wildman–Crippen LogP) is 3.90. The van der Waals surface area contributed by atoms with Crippen LogP contribution in [-0.4, -0.2) is 48.5 Å². The highest BCUT2D eigenvalue weighted by Crippen LogP contribution is 2.36. The van der Waals surface area contributed by atoms with Crippen molar-refractivity contribution < 1.29 is 22.9 Å². The third-order valence-electron chi connectivity index (χ3n) is 4.95. The molecule has 0 unspecified atom stereocenters. The Bertz CT molecular complexity index is 1080. The Balaban J connectivity index is 1.58.